The number of fused-ring (bicyclic) bond motifs is 1. The van der Waals surface area contributed by atoms with Gasteiger partial charge in [0.15, 0.2) is 0 Å². The molecule has 0 radical (unpaired) electrons. The topological polar surface area (TPSA) is 58.9 Å². The maximum absolute atomic E-state index is 12.4. The number of aryl methyl sites for hydroxylation is 3. The van der Waals surface area contributed by atoms with Crippen molar-refractivity contribution in [1.29, 1.82) is 0 Å². The number of aromatic nitrogens is 1. The Kier molecular flexibility index (Phi) is 4.81. The summed E-state index contributed by atoms with van der Waals surface area (Å²) in [6, 6.07) is 14.1. The van der Waals surface area contributed by atoms with Crippen LogP contribution in [0.3, 0.4) is 0 Å². The highest BCUT2D eigenvalue weighted by Gasteiger charge is 2.16. The second-order valence-electron chi connectivity index (χ2n) is 6.63. The fourth-order valence-corrected chi connectivity index (χ4v) is 3.32. The molecular formula is C21H24N2O. The first kappa shape index (κ1) is 16.5. The van der Waals surface area contributed by atoms with E-state index in [1.54, 1.807) is 0 Å². The van der Waals surface area contributed by atoms with E-state index in [2.05, 4.69) is 43.1 Å². The molecule has 2 aromatic carbocycles. The summed E-state index contributed by atoms with van der Waals surface area (Å²) in [4.78, 5) is 15.6. The lowest BCUT2D eigenvalue weighted by Crippen LogP contribution is -2.32. The molecule has 0 spiro atoms. The van der Waals surface area contributed by atoms with Crippen molar-refractivity contribution < 1.29 is 4.79 Å². The van der Waals surface area contributed by atoms with Crippen LogP contribution in [-0.2, 0) is 17.6 Å². The van der Waals surface area contributed by atoms with Crippen LogP contribution in [0.15, 0.2) is 48.7 Å². The first-order chi connectivity index (χ1) is 11.5. The van der Waals surface area contributed by atoms with Gasteiger partial charge in [-0.2, -0.15) is 0 Å². The minimum absolute atomic E-state index is 0.124. The molecule has 124 valence electrons. The van der Waals surface area contributed by atoms with E-state index in [9.17, 15) is 4.79 Å². The monoisotopic (exact) mass is 320 g/mol. The fraction of sp³-hybridized carbons (Fsp3) is 0.286. The van der Waals surface area contributed by atoms with Gasteiger partial charge in [-0.15, -0.1) is 0 Å². The number of nitrogens with one attached hydrogen (secondary N) is 1. The molecule has 0 saturated carbocycles. The van der Waals surface area contributed by atoms with Crippen molar-refractivity contribution in [3.05, 3.63) is 70.9 Å². The molecule has 3 N–H and O–H groups in total. The molecule has 0 saturated heterocycles. The van der Waals surface area contributed by atoms with E-state index in [1.807, 2.05) is 24.4 Å². The minimum atomic E-state index is -0.449. The van der Waals surface area contributed by atoms with Crippen LogP contribution in [-0.4, -0.2) is 16.8 Å². The largest absolute Gasteiger partial charge is 0.361 e. The molecule has 0 amide bonds. The Morgan fingerprint density at radius 2 is 1.83 bits per heavy atom. The maximum atomic E-state index is 12.4. The quantitative estimate of drug-likeness (QED) is 0.724. The number of carbonyl (C=O) groups is 1. The average molecular weight is 320 g/mol. The molecular weight excluding hydrogens is 296 g/mol. The summed E-state index contributed by atoms with van der Waals surface area (Å²) >= 11 is 0. The van der Waals surface area contributed by atoms with E-state index in [0.717, 1.165) is 22.9 Å². The number of nitrogens with two attached hydrogens (primary N) is 1. The highest BCUT2D eigenvalue weighted by atomic mass is 16.1. The van der Waals surface area contributed by atoms with Gasteiger partial charge in [-0.1, -0.05) is 47.5 Å². The first-order valence-corrected chi connectivity index (χ1v) is 8.43. The highest BCUT2D eigenvalue weighted by Crippen LogP contribution is 2.19. The Hall–Kier alpha value is -2.39. The van der Waals surface area contributed by atoms with Gasteiger partial charge in [0, 0.05) is 23.5 Å². The Bertz CT molecular complexity index is 843. The number of hydrogen-bond donors (Lipinski definition) is 2. The van der Waals surface area contributed by atoms with E-state index in [4.69, 9.17) is 5.73 Å². The third kappa shape index (κ3) is 3.74. The molecule has 1 aromatic heterocycles. The van der Waals surface area contributed by atoms with Crippen LogP contribution in [0, 0.1) is 13.8 Å². The molecule has 24 heavy (non-hydrogen) atoms. The lowest BCUT2D eigenvalue weighted by atomic mass is 9.97. The molecule has 3 heteroatoms. The van der Waals surface area contributed by atoms with E-state index < -0.39 is 6.04 Å². The van der Waals surface area contributed by atoms with Gasteiger partial charge in [0.05, 0.1) is 6.04 Å². The van der Waals surface area contributed by atoms with E-state index in [-0.39, 0.29) is 5.78 Å². The molecule has 0 aliphatic carbocycles. The lowest BCUT2D eigenvalue weighted by Gasteiger charge is -2.11. The summed E-state index contributed by atoms with van der Waals surface area (Å²) in [5.74, 6) is 0.124. The number of benzene rings is 2. The van der Waals surface area contributed by atoms with Crippen LogP contribution < -0.4 is 5.73 Å². The molecule has 0 fully saturated rings. The van der Waals surface area contributed by atoms with Crippen LogP contribution in [0.1, 0.15) is 28.7 Å². The van der Waals surface area contributed by atoms with Gasteiger partial charge in [0.2, 0.25) is 0 Å². The third-order valence-electron chi connectivity index (χ3n) is 4.47. The van der Waals surface area contributed by atoms with Crippen molar-refractivity contribution in [1.82, 2.24) is 4.98 Å². The SMILES string of the molecule is Cc1cc(C)cc(CCC(=O)C(N)Cc2c[nH]c3ccccc23)c1. The van der Waals surface area contributed by atoms with Gasteiger partial charge in [0.1, 0.15) is 5.78 Å². The lowest BCUT2D eigenvalue weighted by molar-refractivity contribution is -0.120. The van der Waals surface area contributed by atoms with Crippen molar-refractivity contribution in [3.63, 3.8) is 0 Å². The van der Waals surface area contributed by atoms with Crippen LogP contribution in [0.5, 0.6) is 0 Å². The van der Waals surface area contributed by atoms with E-state index >= 15 is 0 Å². The molecule has 0 aliphatic heterocycles. The molecule has 0 bridgehead atoms. The Labute approximate surface area is 142 Å². The van der Waals surface area contributed by atoms with Crippen molar-refractivity contribution in [2.24, 2.45) is 5.73 Å². The minimum Gasteiger partial charge on any atom is -0.361 e. The smallest absolute Gasteiger partial charge is 0.150 e. The number of carbonyl (C=O) groups excluding carboxylic acids is 1. The van der Waals surface area contributed by atoms with Gasteiger partial charge < -0.3 is 10.7 Å². The van der Waals surface area contributed by atoms with Crippen LogP contribution in [0.25, 0.3) is 10.9 Å². The molecule has 3 rings (SSSR count). The van der Waals surface area contributed by atoms with Crippen molar-refractivity contribution in [3.8, 4) is 0 Å². The summed E-state index contributed by atoms with van der Waals surface area (Å²) in [7, 11) is 0. The van der Waals surface area contributed by atoms with Gasteiger partial charge in [-0.3, -0.25) is 4.79 Å². The van der Waals surface area contributed by atoms with Crippen LogP contribution >= 0.6 is 0 Å². The van der Waals surface area contributed by atoms with Gasteiger partial charge in [0.25, 0.3) is 0 Å². The zero-order valence-electron chi connectivity index (χ0n) is 14.3. The van der Waals surface area contributed by atoms with E-state index in [0.29, 0.717) is 12.8 Å². The predicted molar refractivity (Wildman–Crippen MR) is 99.2 cm³/mol. The Morgan fingerprint density at radius 3 is 2.58 bits per heavy atom. The Morgan fingerprint density at radius 1 is 1.12 bits per heavy atom. The van der Waals surface area contributed by atoms with Gasteiger partial charge >= 0.3 is 0 Å². The predicted octanol–water partition coefficient (Wildman–Crippen LogP) is 3.86. The second-order valence-corrected chi connectivity index (χ2v) is 6.63. The van der Waals surface area contributed by atoms with Crippen molar-refractivity contribution in [2.75, 3.05) is 0 Å². The standard InChI is InChI=1S/C21H24N2O/c1-14-9-15(2)11-16(10-14)7-8-21(24)19(22)12-17-13-23-20-6-4-3-5-18(17)20/h3-6,9-11,13,19,23H,7-8,12,22H2,1-2H3. The average Bonchev–Trinajstić information content (AvgIpc) is 2.95. The molecule has 1 unspecified atom stereocenters. The summed E-state index contributed by atoms with van der Waals surface area (Å²) in [6.45, 7) is 4.17. The first-order valence-electron chi connectivity index (χ1n) is 8.43. The van der Waals surface area contributed by atoms with Crippen molar-refractivity contribution in [2.45, 2.75) is 39.2 Å². The number of ketones is 1. The normalized spacial score (nSPS) is 12.5. The number of aromatic amines is 1. The van der Waals surface area contributed by atoms with E-state index in [1.165, 1.54) is 16.7 Å². The Balaban J connectivity index is 1.62. The number of hydrogen-bond acceptors (Lipinski definition) is 2. The molecule has 3 aromatic rings. The van der Waals surface area contributed by atoms with Gasteiger partial charge in [-0.25, -0.2) is 0 Å². The molecule has 3 nitrogen and oxygen atoms in total. The third-order valence-corrected chi connectivity index (χ3v) is 4.47. The van der Waals surface area contributed by atoms with Crippen LogP contribution in [0.2, 0.25) is 0 Å². The number of Topliss-reactive ketones (excluding diaryl/α,β-unsaturated/α-hetero) is 1. The summed E-state index contributed by atoms with van der Waals surface area (Å²) in [6.07, 6.45) is 3.78. The zero-order valence-corrected chi connectivity index (χ0v) is 14.3. The number of para-hydroxylation sites is 1. The number of rotatable bonds is 6. The summed E-state index contributed by atoms with van der Waals surface area (Å²) < 4.78 is 0. The molecule has 0 aliphatic rings. The van der Waals surface area contributed by atoms with Crippen molar-refractivity contribution >= 4 is 16.7 Å². The highest BCUT2D eigenvalue weighted by molar-refractivity contribution is 5.87. The number of H-pyrrole nitrogens is 1. The van der Waals surface area contributed by atoms with Crippen LogP contribution in [0.4, 0.5) is 0 Å². The van der Waals surface area contributed by atoms with Gasteiger partial charge in [-0.05, 0) is 43.9 Å². The second kappa shape index (κ2) is 7.02. The molecule has 1 heterocycles. The maximum Gasteiger partial charge on any atom is 0.150 e. The summed E-state index contributed by atoms with van der Waals surface area (Å²) in [5, 5.41) is 1.15. The zero-order chi connectivity index (χ0) is 17.1. The molecule has 1 atom stereocenters. The fourth-order valence-electron chi connectivity index (χ4n) is 3.32. The summed E-state index contributed by atoms with van der Waals surface area (Å²) in [5.41, 5.74) is 12.0.